The van der Waals surface area contributed by atoms with E-state index >= 15 is 0 Å². The van der Waals surface area contributed by atoms with Crippen LogP contribution in [0, 0.1) is 29.1 Å². The van der Waals surface area contributed by atoms with Crippen molar-refractivity contribution in [2.24, 2.45) is 0 Å². The van der Waals surface area contributed by atoms with E-state index in [0.29, 0.717) is 0 Å². The van der Waals surface area contributed by atoms with Crippen LogP contribution in [0.25, 0.3) is 0 Å². The Hall–Kier alpha value is -1.72. The molecule has 1 aromatic carbocycles. The van der Waals surface area contributed by atoms with E-state index in [1.165, 1.54) is 5.32 Å². The third kappa shape index (κ3) is 3.65. The summed E-state index contributed by atoms with van der Waals surface area (Å²) in [5.41, 5.74) is -1.44. The molecule has 11 heteroatoms. The van der Waals surface area contributed by atoms with Crippen molar-refractivity contribution in [3.8, 4) is 0 Å². The molecule has 0 aliphatic rings. The molecule has 0 radical (unpaired) electrons. The van der Waals surface area contributed by atoms with Crippen molar-refractivity contribution >= 4 is 21.5 Å². The fourth-order valence-electron chi connectivity index (χ4n) is 1.17. The predicted octanol–water partition coefficient (Wildman–Crippen LogP) is 0.511. The molecular formula is C9H9F5N2O3Si. The zero-order valence-electron chi connectivity index (χ0n) is 9.77. The van der Waals surface area contributed by atoms with E-state index in [1.807, 2.05) is 0 Å². The Balaban J connectivity index is 2.80. The number of rotatable bonds is 5. The maximum absolute atomic E-state index is 13.2. The molecule has 0 heterocycles. The molecule has 112 valence electrons. The maximum Gasteiger partial charge on any atom is 0.319 e. The molecule has 0 saturated heterocycles. The lowest BCUT2D eigenvalue weighted by Gasteiger charge is -2.10. The number of nitrogens with one attached hydrogen (secondary N) is 2. The molecule has 2 amide bonds. The number of hydrogen-bond donors (Lipinski definition) is 3. The minimum absolute atomic E-state index is 0.0121. The van der Waals surface area contributed by atoms with Gasteiger partial charge in [-0.15, -0.1) is 0 Å². The Morgan fingerprint density at radius 3 is 2.05 bits per heavy atom. The molecule has 5 nitrogen and oxygen atoms in total. The average molecular weight is 316 g/mol. The van der Waals surface area contributed by atoms with Crippen molar-refractivity contribution in [2.75, 3.05) is 18.3 Å². The Bertz CT molecular complexity index is 488. The molecule has 0 atom stereocenters. The van der Waals surface area contributed by atoms with Gasteiger partial charge < -0.3 is 20.2 Å². The number of halogens is 5. The van der Waals surface area contributed by atoms with Gasteiger partial charge >= 0.3 is 6.03 Å². The van der Waals surface area contributed by atoms with E-state index in [-0.39, 0.29) is 6.17 Å². The molecule has 0 spiro atoms. The Morgan fingerprint density at radius 1 is 1.05 bits per heavy atom. The van der Waals surface area contributed by atoms with Crippen LogP contribution in [0.15, 0.2) is 0 Å². The summed E-state index contributed by atoms with van der Waals surface area (Å²) in [6, 6.07) is -1.16. The Labute approximate surface area is 111 Å². The maximum atomic E-state index is 13.2. The smallest absolute Gasteiger partial charge is 0.319 e. The number of urea groups is 1. The van der Waals surface area contributed by atoms with E-state index in [9.17, 15) is 26.7 Å². The highest BCUT2D eigenvalue weighted by Crippen LogP contribution is 2.26. The van der Waals surface area contributed by atoms with Gasteiger partial charge in [0.1, 0.15) is 12.5 Å². The number of benzene rings is 1. The molecule has 0 bridgehead atoms. The van der Waals surface area contributed by atoms with Crippen LogP contribution in [0.1, 0.15) is 0 Å². The first kappa shape index (κ1) is 16.3. The van der Waals surface area contributed by atoms with Crippen molar-refractivity contribution in [3.05, 3.63) is 29.1 Å². The number of carbonyl (C=O) groups is 1. The molecule has 0 aliphatic heterocycles. The topological polar surface area (TPSA) is 70.6 Å². The van der Waals surface area contributed by atoms with Gasteiger partial charge in [-0.05, 0) is 0 Å². The first-order chi connectivity index (χ1) is 9.40. The van der Waals surface area contributed by atoms with E-state index in [4.69, 9.17) is 5.11 Å². The van der Waals surface area contributed by atoms with Crippen molar-refractivity contribution in [2.45, 2.75) is 0 Å². The number of carbonyl (C=O) groups excluding carboxylic acids is 1. The van der Waals surface area contributed by atoms with Crippen molar-refractivity contribution in [3.63, 3.8) is 0 Å². The monoisotopic (exact) mass is 316 g/mol. The molecule has 0 saturated carbocycles. The zero-order valence-corrected chi connectivity index (χ0v) is 11.2. The summed E-state index contributed by atoms with van der Waals surface area (Å²) in [5.74, 6) is -10.9. The Kier molecular flexibility index (Phi) is 5.85. The molecule has 3 N–H and O–H groups in total. The third-order valence-electron chi connectivity index (χ3n) is 2.07. The van der Waals surface area contributed by atoms with Gasteiger partial charge in [0.15, 0.2) is 33.0 Å². The van der Waals surface area contributed by atoms with Crippen molar-refractivity contribution < 1.29 is 36.3 Å². The second-order valence-electron chi connectivity index (χ2n) is 3.36. The van der Waals surface area contributed by atoms with Crippen LogP contribution in [0.3, 0.4) is 0 Å². The second kappa shape index (κ2) is 7.16. The molecule has 0 fully saturated rings. The van der Waals surface area contributed by atoms with Crippen LogP contribution in [0.5, 0.6) is 0 Å². The fourth-order valence-corrected chi connectivity index (χ4v) is 1.78. The van der Waals surface area contributed by atoms with Gasteiger partial charge in [-0.1, -0.05) is 0 Å². The lowest BCUT2D eigenvalue weighted by Crippen LogP contribution is -2.33. The highest BCUT2D eigenvalue weighted by atomic mass is 28.2. The first-order valence-electron chi connectivity index (χ1n) is 5.15. The number of hydrogen-bond acceptors (Lipinski definition) is 3. The molecule has 20 heavy (non-hydrogen) atoms. The number of amides is 2. The number of aliphatic hydroxyl groups excluding tert-OH is 1. The molecule has 1 rings (SSSR count). The standard InChI is InChI=1S/C9H9F5N2O3Si/c10-3-4(11)6(13)8(7(14)5(3)12)16-9(18)15-1-20-19-2-17/h17H,1-2,20H2,(H2,15,16,18). The van der Waals surface area contributed by atoms with Gasteiger partial charge in [0.2, 0.25) is 5.82 Å². The lowest BCUT2D eigenvalue weighted by atomic mass is 10.2. The second-order valence-corrected chi connectivity index (χ2v) is 4.68. The summed E-state index contributed by atoms with van der Waals surface area (Å²) in [5, 5.41) is 11.9. The summed E-state index contributed by atoms with van der Waals surface area (Å²) in [6.07, 6.45) is -0.0121. The highest BCUT2D eigenvalue weighted by molar-refractivity contribution is 6.28. The molecular weight excluding hydrogens is 307 g/mol. The molecule has 1 aromatic rings. The minimum Gasteiger partial charge on any atom is -0.400 e. The summed E-state index contributed by atoms with van der Waals surface area (Å²) in [4.78, 5) is 11.2. The summed E-state index contributed by atoms with van der Waals surface area (Å²) in [7, 11) is -1.28. The van der Waals surface area contributed by atoms with Crippen molar-refractivity contribution in [1.82, 2.24) is 5.32 Å². The van der Waals surface area contributed by atoms with Gasteiger partial charge in [0, 0.05) is 6.17 Å². The first-order valence-corrected chi connectivity index (χ1v) is 6.72. The van der Waals surface area contributed by atoms with E-state index < -0.39 is 57.4 Å². The lowest BCUT2D eigenvalue weighted by molar-refractivity contribution is 0.103. The van der Waals surface area contributed by atoms with Crippen LogP contribution in [-0.2, 0) is 4.43 Å². The summed E-state index contributed by atoms with van der Waals surface area (Å²) >= 11 is 0. The molecule has 0 aliphatic carbocycles. The van der Waals surface area contributed by atoms with Gasteiger partial charge in [-0.2, -0.15) is 0 Å². The number of anilines is 1. The minimum atomic E-state index is -2.31. The number of aliphatic hydroxyl groups is 1. The predicted molar refractivity (Wildman–Crippen MR) is 60.0 cm³/mol. The van der Waals surface area contributed by atoms with E-state index in [2.05, 4.69) is 9.74 Å². The van der Waals surface area contributed by atoms with Gasteiger partial charge in [-0.3, -0.25) is 0 Å². The summed E-state index contributed by atoms with van der Waals surface area (Å²) in [6.45, 7) is -0.535. The van der Waals surface area contributed by atoms with E-state index in [0.717, 1.165) is 0 Å². The van der Waals surface area contributed by atoms with E-state index in [1.54, 1.807) is 0 Å². The van der Waals surface area contributed by atoms with Crippen LogP contribution < -0.4 is 10.6 Å². The normalized spacial score (nSPS) is 11.1. The largest absolute Gasteiger partial charge is 0.400 e. The Morgan fingerprint density at radius 2 is 1.55 bits per heavy atom. The van der Waals surface area contributed by atoms with Crippen LogP contribution in [0.4, 0.5) is 32.4 Å². The average Bonchev–Trinajstić information content (AvgIpc) is 2.44. The van der Waals surface area contributed by atoms with Crippen molar-refractivity contribution in [1.29, 1.82) is 0 Å². The van der Waals surface area contributed by atoms with Crippen LogP contribution in [-0.4, -0.2) is 33.9 Å². The van der Waals surface area contributed by atoms with Gasteiger partial charge in [0.25, 0.3) is 0 Å². The summed E-state index contributed by atoms with van der Waals surface area (Å²) < 4.78 is 69.4. The van der Waals surface area contributed by atoms with Crippen LogP contribution in [0.2, 0.25) is 0 Å². The van der Waals surface area contributed by atoms with Gasteiger partial charge in [-0.25, -0.2) is 26.7 Å². The highest BCUT2D eigenvalue weighted by Gasteiger charge is 2.26. The molecule has 0 unspecified atom stereocenters. The van der Waals surface area contributed by atoms with Gasteiger partial charge in [0.05, 0.1) is 0 Å². The SMILES string of the molecule is O=C(NC[SiH2]OCO)Nc1c(F)c(F)c(F)c(F)c1F. The fraction of sp³-hybridized carbons (Fsp3) is 0.222. The molecule has 0 aromatic heterocycles. The quantitative estimate of drug-likeness (QED) is 0.185. The zero-order chi connectivity index (χ0) is 15.3. The van der Waals surface area contributed by atoms with Crippen LogP contribution >= 0.6 is 0 Å². The third-order valence-corrected chi connectivity index (χ3v) is 3.00.